The SMILES string of the molecule is CNC(=O)C1(C)CN(c2ncccn2)CCO1. The molecule has 17 heavy (non-hydrogen) atoms. The van der Waals surface area contributed by atoms with E-state index in [4.69, 9.17) is 4.74 Å². The van der Waals surface area contributed by atoms with Crippen molar-refractivity contribution in [2.75, 3.05) is 31.6 Å². The number of ether oxygens (including phenoxy) is 1. The molecule has 1 aromatic heterocycles. The molecule has 0 bridgehead atoms. The smallest absolute Gasteiger partial charge is 0.253 e. The van der Waals surface area contributed by atoms with Crippen molar-refractivity contribution in [3.63, 3.8) is 0 Å². The third-order valence-electron chi connectivity index (χ3n) is 2.82. The molecule has 1 unspecified atom stereocenters. The fourth-order valence-electron chi connectivity index (χ4n) is 1.90. The van der Waals surface area contributed by atoms with E-state index in [9.17, 15) is 4.79 Å². The van der Waals surface area contributed by atoms with E-state index in [1.807, 2.05) is 4.90 Å². The largest absolute Gasteiger partial charge is 0.362 e. The molecular formula is C11H16N4O2. The highest BCUT2D eigenvalue weighted by Crippen LogP contribution is 2.20. The maximum atomic E-state index is 11.8. The summed E-state index contributed by atoms with van der Waals surface area (Å²) in [6.07, 6.45) is 3.38. The fourth-order valence-corrected chi connectivity index (χ4v) is 1.90. The van der Waals surface area contributed by atoms with Crippen LogP contribution in [0.15, 0.2) is 18.5 Å². The van der Waals surface area contributed by atoms with Gasteiger partial charge in [-0.05, 0) is 13.0 Å². The van der Waals surface area contributed by atoms with Crippen LogP contribution in [0.1, 0.15) is 6.92 Å². The van der Waals surface area contributed by atoms with Crippen LogP contribution in [0, 0.1) is 0 Å². The summed E-state index contributed by atoms with van der Waals surface area (Å²) in [6.45, 7) is 3.41. The third kappa shape index (κ3) is 2.36. The summed E-state index contributed by atoms with van der Waals surface area (Å²) in [5.41, 5.74) is -0.841. The van der Waals surface area contributed by atoms with Crippen molar-refractivity contribution in [2.45, 2.75) is 12.5 Å². The van der Waals surface area contributed by atoms with Crippen molar-refractivity contribution in [1.82, 2.24) is 15.3 Å². The van der Waals surface area contributed by atoms with Crippen molar-refractivity contribution in [1.29, 1.82) is 0 Å². The fraction of sp³-hybridized carbons (Fsp3) is 0.545. The van der Waals surface area contributed by atoms with E-state index in [1.54, 1.807) is 32.4 Å². The van der Waals surface area contributed by atoms with Crippen LogP contribution < -0.4 is 10.2 Å². The van der Waals surface area contributed by atoms with Gasteiger partial charge < -0.3 is 15.0 Å². The first kappa shape index (κ1) is 11.8. The molecule has 2 rings (SSSR count). The molecule has 1 atom stereocenters. The number of aromatic nitrogens is 2. The number of hydrogen-bond acceptors (Lipinski definition) is 5. The van der Waals surface area contributed by atoms with Gasteiger partial charge in [-0.2, -0.15) is 0 Å². The summed E-state index contributed by atoms with van der Waals surface area (Å²) in [7, 11) is 1.61. The summed E-state index contributed by atoms with van der Waals surface area (Å²) in [5, 5.41) is 2.62. The molecule has 0 spiro atoms. The van der Waals surface area contributed by atoms with Gasteiger partial charge in [0.2, 0.25) is 5.95 Å². The number of nitrogens with zero attached hydrogens (tertiary/aromatic N) is 3. The van der Waals surface area contributed by atoms with Crippen LogP contribution in [0.25, 0.3) is 0 Å². The molecule has 1 saturated heterocycles. The van der Waals surface area contributed by atoms with Gasteiger partial charge in [-0.3, -0.25) is 4.79 Å². The molecule has 2 heterocycles. The number of likely N-dealkylation sites (N-methyl/N-ethyl adjacent to an activating group) is 1. The number of hydrogen-bond donors (Lipinski definition) is 1. The molecule has 1 aromatic rings. The molecule has 1 fully saturated rings. The lowest BCUT2D eigenvalue weighted by Crippen LogP contribution is -2.58. The van der Waals surface area contributed by atoms with Crippen LogP contribution >= 0.6 is 0 Å². The zero-order valence-corrected chi connectivity index (χ0v) is 10.0. The van der Waals surface area contributed by atoms with E-state index < -0.39 is 5.60 Å². The Labute approximate surface area is 100 Å². The monoisotopic (exact) mass is 236 g/mol. The molecule has 0 aliphatic carbocycles. The summed E-state index contributed by atoms with van der Waals surface area (Å²) in [4.78, 5) is 22.1. The number of carbonyl (C=O) groups excluding carboxylic acids is 1. The summed E-state index contributed by atoms with van der Waals surface area (Å²) >= 11 is 0. The normalized spacial score (nSPS) is 24.5. The molecule has 1 amide bonds. The summed E-state index contributed by atoms with van der Waals surface area (Å²) in [6, 6.07) is 1.77. The van der Waals surface area contributed by atoms with Gasteiger partial charge in [0.05, 0.1) is 13.2 Å². The predicted molar refractivity (Wildman–Crippen MR) is 62.7 cm³/mol. The molecule has 0 saturated carbocycles. The van der Waals surface area contributed by atoms with Gasteiger partial charge >= 0.3 is 0 Å². The zero-order valence-electron chi connectivity index (χ0n) is 10.0. The van der Waals surface area contributed by atoms with Crippen LogP contribution in [0.2, 0.25) is 0 Å². The Morgan fingerprint density at radius 3 is 2.88 bits per heavy atom. The lowest BCUT2D eigenvalue weighted by Gasteiger charge is -2.38. The first-order chi connectivity index (χ1) is 8.15. The van der Waals surface area contributed by atoms with Crippen LogP contribution in [-0.2, 0) is 9.53 Å². The van der Waals surface area contributed by atoms with Crippen LogP contribution in [0.4, 0.5) is 5.95 Å². The average Bonchev–Trinajstić information content (AvgIpc) is 2.39. The van der Waals surface area contributed by atoms with Crippen molar-refractivity contribution < 1.29 is 9.53 Å². The second-order valence-electron chi connectivity index (χ2n) is 4.13. The Balaban J connectivity index is 2.15. The highest BCUT2D eigenvalue weighted by atomic mass is 16.5. The Hall–Kier alpha value is -1.69. The van der Waals surface area contributed by atoms with Gasteiger partial charge in [0.1, 0.15) is 0 Å². The Bertz CT molecular complexity index is 398. The number of anilines is 1. The van der Waals surface area contributed by atoms with Gasteiger partial charge in [0.15, 0.2) is 5.60 Å². The van der Waals surface area contributed by atoms with E-state index in [0.717, 1.165) is 0 Å². The van der Waals surface area contributed by atoms with Crippen molar-refractivity contribution >= 4 is 11.9 Å². The number of nitrogens with one attached hydrogen (secondary N) is 1. The molecule has 0 aromatic carbocycles. The zero-order chi connectivity index (χ0) is 12.3. The molecule has 6 heteroatoms. The van der Waals surface area contributed by atoms with Gasteiger partial charge in [0.25, 0.3) is 5.91 Å². The first-order valence-corrected chi connectivity index (χ1v) is 5.54. The standard InChI is InChI=1S/C11H16N4O2/c1-11(9(16)12-2)8-15(6-7-17-11)10-13-4-3-5-14-10/h3-5H,6-8H2,1-2H3,(H,12,16). The molecule has 92 valence electrons. The van der Waals surface area contributed by atoms with E-state index in [-0.39, 0.29) is 5.91 Å². The van der Waals surface area contributed by atoms with Crippen molar-refractivity contribution in [3.8, 4) is 0 Å². The van der Waals surface area contributed by atoms with E-state index in [1.165, 1.54) is 0 Å². The Kier molecular flexibility index (Phi) is 3.23. The van der Waals surface area contributed by atoms with E-state index in [0.29, 0.717) is 25.6 Å². The minimum Gasteiger partial charge on any atom is -0.362 e. The minimum atomic E-state index is -0.841. The highest BCUT2D eigenvalue weighted by Gasteiger charge is 2.39. The number of rotatable bonds is 2. The number of amides is 1. The van der Waals surface area contributed by atoms with Gasteiger partial charge in [-0.1, -0.05) is 0 Å². The molecule has 1 N–H and O–H groups in total. The minimum absolute atomic E-state index is 0.127. The topological polar surface area (TPSA) is 67.4 Å². The maximum absolute atomic E-state index is 11.8. The molecular weight excluding hydrogens is 220 g/mol. The Morgan fingerprint density at radius 2 is 2.24 bits per heavy atom. The van der Waals surface area contributed by atoms with Crippen LogP contribution in [-0.4, -0.2) is 48.2 Å². The van der Waals surface area contributed by atoms with Crippen LogP contribution in [0.3, 0.4) is 0 Å². The summed E-state index contributed by atoms with van der Waals surface area (Å²) in [5.74, 6) is 0.504. The third-order valence-corrected chi connectivity index (χ3v) is 2.82. The van der Waals surface area contributed by atoms with E-state index >= 15 is 0 Å². The molecule has 1 aliphatic heterocycles. The van der Waals surface area contributed by atoms with Crippen molar-refractivity contribution in [2.24, 2.45) is 0 Å². The molecule has 0 radical (unpaired) electrons. The molecule has 1 aliphatic rings. The Morgan fingerprint density at radius 1 is 1.53 bits per heavy atom. The lowest BCUT2D eigenvalue weighted by molar-refractivity contribution is -0.145. The second kappa shape index (κ2) is 4.67. The quantitative estimate of drug-likeness (QED) is 0.771. The average molecular weight is 236 g/mol. The maximum Gasteiger partial charge on any atom is 0.253 e. The van der Waals surface area contributed by atoms with Crippen molar-refractivity contribution in [3.05, 3.63) is 18.5 Å². The van der Waals surface area contributed by atoms with Gasteiger partial charge in [0, 0.05) is 26.0 Å². The van der Waals surface area contributed by atoms with Crippen LogP contribution in [0.5, 0.6) is 0 Å². The molecule has 6 nitrogen and oxygen atoms in total. The van der Waals surface area contributed by atoms with Gasteiger partial charge in [-0.25, -0.2) is 9.97 Å². The predicted octanol–water partition coefficient (Wildman–Crippen LogP) is -0.182. The highest BCUT2D eigenvalue weighted by molar-refractivity contribution is 5.85. The van der Waals surface area contributed by atoms with E-state index in [2.05, 4.69) is 15.3 Å². The second-order valence-corrected chi connectivity index (χ2v) is 4.13. The first-order valence-electron chi connectivity index (χ1n) is 5.54. The summed E-state index contributed by atoms with van der Waals surface area (Å²) < 4.78 is 5.56. The lowest BCUT2D eigenvalue weighted by atomic mass is 10.0. The number of morpholine rings is 1. The van der Waals surface area contributed by atoms with Gasteiger partial charge in [-0.15, -0.1) is 0 Å². The number of carbonyl (C=O) groups is 1.